The summed E-state index contributed by atoms with van der Waals surface area (Å²) in [6.07, 6.45) is 4.40. The molecule has 1 rings (SSSR count). The van der Waals surface area contributed by atoms with Crippen molar-refractivity contribution in [1.29, 1.82) is 0 Å². The Labute approximate surface area is 115 Å². The number of hydrogen-bond donors (Lipinski definition) is 1. The number of hydrogen-bond acceptors (Lipinski definition) is 1. The van der Waals surface area contributed by atoms with Gasteiger partial charge < -0.3 is 5.32 Å². The fourth-order valence-corrected chi connectivity index (χ4v) is 2.44. The van der Waals surface area contributed by atoms with Crippen molar-refractivity contribution >= 4 is 23.2 Å². The highest BCUT2D eigenvalue weighted by atomic mass is 35.5. The third-order valence-corrected chi connectivity index (χ3v) is 3.58. The van der Waals surface area contributed by atoms with E-state index in [9.17, 15) is 0 Å². The van der Waals surface area contributed by atoms with Crippen molar-refractivity contribution in [1.82, 2.24) is 5.32 Å². The zero-order valence-electron chi connectivity index (χ0n) is 10.6. The molecule has 0 heterocycles. The molecule has 0 radical (unpaired) electrons. The van der Waals surface area contributed by atoms with Gasteiger partial charge in [-0.1, -0.05) is 36.2 Å². The summed E-state index contributed by atoms with van der Waals surface area (Å²) in [5.41, 5.74) is 1.08. The van der Waals surface area contributed by atoms with Gasteiger partial charge >= 0.3 is 0 Å². The fraction of sp³-hybridized carbons (Fsp3) is 0.571. The van der Waals surface area contributed by atoms with Crippen LogP contribution in [0.15, 0.2) is 18.2 Å². The standard InChI is InChI=1S/C14H21Cl2N/c1-3-10-17-11(2)6-4-7-12-13(15)8-5-9-14(12)16/h5,8-9,11,17H,3-4,6-7,10H2,1-2H3. The van der Waals surface area contributed by atoms with Crippen LogP contribution in [0.4, 0.5) is 0 Å². The lowest BCUT2D eigenvalue weighted by Crippen LogP contribution is -2.26. The molecule has 0 spiro atoms. The number of nitrogens with one attached hydrogen (secondary N) is 1. The van der Waals surface area contributed by atoms with Gasteiger partial charge in [0.1, 0.15) is 0 Å². The highest BCUT2D eigenvalue weighted by molar-refractivity contribution is 6.35. The Morgan fingerprint density at radius 2 is 1.88 bits per heavy atom. The summed E-state index contributed by atoms with van der Waals surface area (Å²) < 4.78 is 0. The van der Waals surface area contributed by atoms with E-state index in [0.29, 0.717) is 6.04 Å². The van der Waals surface area contributed by atoms with Gasteiger partial charge in [-0.2, -0.15) is 0 Å². The molecular formula is C14H21Cl2N. The molecule has 17 heavy (non-hydrogen) atoms. The first-order valence-electron chi connectivity index (χ1n) is 6.31. The second-order valence-electron chi connectivity index (χ2n) is 4.45. The lowest BCUT2D eigenvalue weighted by atomic mass is 10.1. The minimum absolute atomic E-state index is 0.566. The monoisotopic (exact) mass is 273 g/mol. The Kier molecular flexibility index (Phi) is 6.94. The molecule has 1 nitrogen and oxygen atoms in total. The molecular weight excluding hydrogens is 253 g/mol. The van der Waals surface area contributed by atoms with Gasteiger partial charge in [-0.25, -0.2) is 0 Å². The van der Waals surface area contributed by atoms with Crippen molar-refractivity contribution in [2.45, 2.75) is 45.6 Å². The number of halogens is 2. The van der Waals surface area contributed by atoms with E-state index in [1.54, 1.807) is 0 Å². The Bertz CT molecular complexity index is 319. The van der Waals surface area contributed by atoms with E-state index in [4.69, 9.17) is 23.2 Å². The first-order chi connectivity index (χ1) is 8.15. The SMILES string of the molecule is CCCNC(C)CCCc1c(Cl)cccc1Cl. The summed E-state index contributed by atoms with van der Waals surface area (Å²) in [6, 6.07) is 6.26. The first-order valence-corrected chi connectivity index (χ1v) is 7.07. The topological polar surface area (TPSA) is 12.0 Å². The zero-order valence-corrected chi connectivity index (χ0v) is 12.1. The molecule has 0 aliphatic rings. The minimum Gasteiger partial charge on any atom is -0.314 e. The van der Waals surface area contributed by atoms with E-state index in [2.05, 4.69) is 19.2 Å². The maximum atomic E-state index is 6.13. The summed E-state index contributed by atoms with van der Waals surface area (Å²) in [5, 5.41) is 5.05. The van der Waals surface area contributed by atoms with Crippen LogP contribution in [0.25, 0.3) is 0 Å². The van der Waals surface area contributed by atoms with Crippen LogP contribution in [0.1, 0.15) is 38.7 Å². The average Bonchev–Trinajstić information content (AvgIpc) is 2.30. The summed E-state index contributed by atoms with van der Waals surface area (Å²) in [5.74, 6) is 0. The van der Waals surface area contributed by atoms with Crippen molar-refractivity contribution in [3.63, 3.8) is 0 Å². The maximum Gasteiger partial charge on any atom is 0.0452 e. The Balaban J connectivity index is 2.35. The van der Waals surface area contributed by atoms with Gasteiger partial charge in [0, 0.05) is 16.1 Å². The molecule has 1 N–H and O–H groups in total. The highest BCUT2D eigenvalue weighted by Crippen LogP contribution is 2.25. The van der Waals surface area contributed by atoms with E-state index in [1.807, 2.05) is 18.2 Å². The van der Waals surface area contributed by atoms with E-state index < -0.39 is 0 Å². The van der Waals surface area contributed by atoms with Gasteiger partial charge in [0.05, 0.1) is 0 Å². The third kappa shape index (κ3) is 5.29. The van der Waals surface area contributed by atoms with Crippen LogP contribution in [-0.2, 0) is 6.42 Å². The van der Waals surface area contributed by atoms with Crippen LogP contribution in [0.3, 0.4) is 0 Å². The molecule has 0 fully saturated rings. The molecule has 0 aliphatic heterocycles. The summed E-state index contributed by atoms with van der Waals surface area (Å²) in [6.45, 7) is 5.50. The van der Waals surface area contributed by atoms with Gasteiger partial charge in [-0.3, -0.25) is 0 Å². The summed E-state index contributed by atoms with van der Waals surface area (Å²) in [7, 11) is 0. The van der Waals surface area contributed by atoms with E-state index in [0.717, 1.165) is 41.4 Å². The van der Waals surface area contributed by atoms with Crippen LogP contribution in [0.2, 0.25) is 10.0 Å². The second kappa shape index (κ2) is 7.97. The van der Waals surface area contributed by atoms with Gasteiger partial charge in [-0.15, -0.1) is 0 Å². The second-order valence-corrected chi connectivity index (χ2v) is 5.26. The van der Waals surface area contributed by atoms with E-state index in [-0.39, 0.29) is 0 Å². The van der Waals surface area contributed by atoms with Crippen LogP contribution >= 0.6 is 23.2 Å². The van der Waals surface area contributed by atoms with Crippen molar-refractivity contribution in [3.8, 4) is 0 Å². The third-order valence-electron chi connectivity index (χ3n) is 2.87. The Morgan fingerprint density at radius 1 is 1.24 bits per heavy atom. The normalized spacial score (nSPS) is 12.7. The Morgan fingerprint density at radius 3 is 2.47 bits per heavy atom. The predicted molar refractivity (Wildman–Crippen MR) is 77.2 cm³/mol. The highest BCUT2D eigenvalue weighted by Gasteiger charge is 2.06. The smallest absolute Gasteiger partial charge is 0.0452 e. The average molecular weight is 274 g/mol. The van der Waals surface area contributed by atoms with Gasteiger partial charge in [-0.05, 0) is 56.8 Å². The van der Waals surface area contributed by atoms with Crippen LogP contribution in [-0.4, -0.2) is 12.6 Å². The van der Waals surface area contributed by atoms with Crippen molar-refractivity contribution in [3.05, 3.63) is 33.8 Å². The largest absolute Gasteiger partial charge is 0.314 e. The van der Waals surface area contributed by atoms with Crippen LogP contribution < -0.4 is 5.32 Å². The van der Waals surface area contributed by atoms with Crippen molar-refractivity contribution < 1.29 is 0 Å². The molecule has 0 bridgehead atoms. The Hall–Kier alpha value is -0.240. The molecule has 3 heteroatoms. The molecule has 0 aliphatic carbocycles. The lowest BCUT2D eigenvalue weighted by Gasteiger charge is -2.13. The van der Waals surface area contributed by atoms with Gasteiger partial charge in [0.15, 0.2) is 0 Å². The van der Waals surface area contributed by atoms with Gasteiger partial charge in [0.2, 0.25) is 0 Å². The quantitative estimate of drug-likeness (QED) is 0.759. The molecule has 0 amide bonds. The molecule has 0 aromatic heterocycles. The molecule has 1 unspecified atom stereocenters. The molecule has 96 valence electrons. The van der Waals surface area contributed by atoms with Crippen molar-refractivity contribution in [2.24, 2.45) is 0 Å². The zero-order chi connectivity index (χ0) is 12.7. The van der Waals surface area contributed by atoms with Crippen LogP contribution in [0, 0.1) is 0 Å². The fourth-order valence-electron chi connectivity index (χ4n) is 1.85. The van der Waals surface area contributed by atoms with Crippen molar-refractivity contribution in [2.75, 3.05) is 6.54 Å². The van der Waals surface area contributed by atoms with E-state index >= 15 is 0 Å². The maximum absolute atomic E-state index is 6.13. The number of rotatable bonds is 7. The molecule has 1 aromatic carbocycles. The molecule has 0 saturated carbocycles. The number of benzene rings is 1. The summed E-state index contributed by atoms with van der Waals surface area (Å²) in [4.78, 5) is 0. The van der Waals surface area contributed by atoms with Crippen LogP contribution in [0.5, 0.6) is 0 Å². The minimum atomic E-state index is 0.566. The first kappa shape index (κ1) is 14.8. The summed E-state index contributed by atoms with van der Waals surface area (Å²) >= 11 is 12.3. The predicted octanol–water partition coefficient (Wildman–Crippen LogP) is 4.70. The van der Waals surface area contributed by atoms with E-state index in [1.165, 1.54) is 6.42 Å². The molecule has 1 atom stereocenters. The molecule has 1 aromatic rings. The molecule has 0 saturated heterocycles. The lowest BCUT2D eigenvalue weighted by molar-refractivity contribution is 0.498. The van der Waals surface area contributed by atoms with Gasteiger partial charge in [0.25, 0.3) is 0 Å².